The molecular weight excluding hydrogens is 206 g/mol. The standard InChI is InChI=1S/C11H17N3O2/c1-7-9(4-3-5-13-7)11(16)14-6-10(12)8(2)15/h3-5,8,10,15H,6,12H2,1-2H3,(H,14,16). The molecule has 0 aliphatic heterocycles. The van der Waals surface area contributed by atoms with E-state index in [1.165, 1.54) is 0 Å². The second-order valence-electron chi connectivity index (χ2n) is 3.75. The van der Waals surface area contributed by atoms with Crippen molar-refractivity contribution in [3.8, 4) is 0 Å². The maximum atomic E-state index is 11.7. The molecule has 1 amide bonds. The van der Waals surface area contributed by atoms with Crippen molar-refractivity contribution in [3.05, 3.63) is 29.6 Å². The first-order valence-electron chi connectivity index (χ1n) is 5.16. The van der Waals surface area contributed by atoms with E-state index in [4.69, 9.17) is 5.73 Å². The Morgan fingerprint density at radius 2 is 2.38 bits per heavy atom. The third kappa shape index (κ3) is 3.29. The highest BCUT2D eigenvalue weighted by Crippen LogP contribution is 2.02. The zero-order chi connectivity index (χ0) is 12.1. The molecule has 1 heterocycles. The van der Waals surface area contributed by atoms with Crippen molar-refractivity contribution in [1.82, 2.24) is 10.3 Å². The minimum Gasteiger partial charge on any atom is -0.392 e. The number of rotatable bonds is 4. The van der Waals surface area contributed by atoms with Crippen molar-refractivity contribution in [1.29, 1.82) is 0 Å². The summed E-state index contributed by atoms with van der Waals surface area (Å²) >= 11 is 0. The van der Waals surface area contributed by atoms with Crippen LogP contribution in [0, 0.1) is 6.92 Å². The first-order chi connectivity index (χ1) is 7.52. The number of pyridine rings is 1. The van der Waals surface area contributed by atoms with Gasteiger partial charge in [0.25, 0.3) is 5.91 Å². The Kier molecular flexibility index (Phi) is 4.39. The number of aryl methyl sites for hydroxylation is 1. The van der Waals surface area contributed by atoms with Gasteiger partial charge in [0.05, 0.1) is 11.7 Å². The van der Waals surface area contributed by atoms with Gasteiger partial charge in [0, 0.05) is 24.5 Å². The molecule has 5 heteroatoms. The Hall–Kier alpha value is -1.46. The van der Waals surface area contributed by atoms with E-state index in [1.54, 1.807) is 32.2 Å². The van der Waals surface area contributed by atoms with Gasteiger partial charge >= 0.3 is 0 Å². The van der Waals surface area contributed by atoms with E-state index < -0.39 is 12.1 Å². The van der Waals surface area contributed by atoms with Crippen molar-refractivity contribution in [2.75, 3.05) is 6.54 Å². The van der Waals surface area contributed by atoms with Gasteiger partial charge in [-0.15, -0.1) is 0 Å². The monoisotopic (exact) mass is 223 g/mol. The van der Waals surface area contributed by atoms with Gasteiger partial charge < -0.3 is 16.2 Å². The van der Waals surface area contributed by atoms with Gasteiger partial charge in [0.2, 0.25) is 0 Å². The number of hydrogen-bond acceptors (Lipinski definition) is 4. The summed E-state index contributed by atoms with van der Waals surface area (Å²) in [6.07, 6.45) is 0.989. The van der Waals surface area contributed by atoms with E-state index in [-0.39, 0.29) is 12.5 Å². The molecule has 88 valence electrons. The van der Waals surface area contributed by atoms with Crippen LogP contribution in [-0.4, -0.2) is 34.7 Å². The lowest BCUT2D eigenvalue weighted by Crippen LogP contribution is -2.43. The van der Waals surface area contributed by atoms with Crippen LogP contribution in [0.25, 0.3) is 0 Å². The maximum Gasteiger partial charge on any atom is 0.253 e. The first-order valence-corrected chi connectivity index (χ1v) is 5.16. The first kappa shape index (κ1) is 12.6. The van der Waals surface area contributed by atoms with Crippen molar-refractivity contribution >= 4 is 5.91 Å². The molecule has 0 aromatic carbocycles. The predicted molar refractivity (Wildman–Crippen MR) is 61.0 cm³/mol. The molecule has 0 aliphatic carbocycles. The molecule has 16 heavy (non-hydrogen) atoms. The Balaban J connectivity index is 2.57. The van der Waals surface area contributed by atoms with E-state index in [1.807, 2.05) is 0 Å². The van der Waals surface area contributed by atoms with Crippen LogP contribution in [-0.2, 0) is 0 Å². The number of aromatic nitrogens is 1. The molecule has 5 nitrogen and oxygen atoms in total. The minimum atomic E-state index is -0.643. The third-order valence-corrected chi connectivity index (χ3v) is 2.37. The highest BCUT2D eigenvalue weighted by molar-refractivity contribution is 5.95. The van der Waals surface area contributed by atoms with Gasteiger partial charge in [-0.2, -0.15) is 0 Å². The summed E-state index contributed by atoms with van der Waals surface area (Å²) in [4.78, 5) is 15.7. The Morgan fingerprint density at radius 1 is 1.69 bits per heavy atom. The molecule has 0 bridgehead atoms. The van der Waals surface area contributed by atoms with Gasteiger partial charge in [-0.05, 0) is 26.0 Å². The van der Waals surface area contributed by atoms with Gasteiger partial charge in [-0.3, -0.25) is 9.78 Å². The SMILES string of the molecule is Cc1ncccc1C(=O)NCC(N)C(C)O. The second kappa shape index (κ2) is 5.58. The van der Waals surface area contributed by atoms with E-state index in [0.29, 0.717) is 11.3 Å². The fourth-order valence-electron chi connectivity index (χ4n) is 1.20. The number of nitrogens with one attached hydrogen (secondary N) is 1. The number of nitrogens with zero attached hydrogens (tertiary/aromatic N) is 1. The van der Waals surface area contributed by atoms with E-state index in [9.17, 15) is 9.90 Å². The summed E-state index contributed by atoms with van der Waals surface area (Å²) in [6, 6.07) is 2.95. The van der Waals surface area contributed by atoms with Crippen LogP contribution in [0.4, 0.5) is 0 Å². The highest BCUT2D eigenvalue weighted by Gasteiger charge is 2.13. The number of hydrogen-bond donors (Lipinski definition) is 3. The molecule has 0 saturated heterocycles. The molecule has 2 unspecified atom stereocenters. The molecular formula is C11H17N3O2. The molecule has 0 spiro atoms. The summed E-state index contributed by atoms with van der Waals surface area (Å²) in [6.45, 7) is 3.60. The Labute approximate surface area is 94.7 Å². The zero-order valence-corrected chi connectivity index (χ0v) is 9.47. The number of amides is 1. The molecule has 0 radical (unpaired) electrons. The van der Waals surface area contributed by atoms with Gasteiger partial charge in [-0.25, -0.2) is 0 Å². The molecule has 1 aromatic rings. The average Bonchev–Trinajstić information content (AvgIpc) is 2.25. The fourth-order valence-corrected chi connectivity index (χ4v) is 1.20. The Morgan fingerprint density at radius 3 is 2.94 bits per heavy atom. The third-order valence-electron chi connectivity index (χ3n) is 2.37. The van der Waals surface area contributed by atoms with Crippen LogP contribution in [0.3, 0.4) is 0 Å². The average molecular weight is 223 g/mol. The number of carbonyl (C=O) groups is 1. The quantitative estimate of drug-likeness (QED) is 0.661. The van der Waals surface area contributed by atoms with Gasteiger partial charge in [0.15, 0.2) is 0 Å². The molecule has 0 saturated carbocycles. The van der Waals surface area contributed by atoms with Crippen LogP contribution in [0.15, 0.2) is 18.3 Å². The number of carbonyl (C=O) groups excluding carboxylic acids is 1. The summed E-state index contributed by atoms with van der Waals surface area (Å²) in [5.41, 5.74) is 6.80. The van der Waals surface area contributed by atoms with Crippen LogP contribution in [0.5, 0.6) is 0 Å². The van der Waals surface area contributed by atoms with Crippen LogP contribution < -0.4 is 11.1 Å². The highest BCUT2D eigenvalue weighted by atomic mass is 16.3. The van der Waals surface area contributed by atoms with E-state index in [2.05, 4.69) is 10.3 Å². The Bertz CT molecular complexity index is 366. The lowest BCUT2D eigenvalue weighted by Gasteiger charge is -2.15. The topological polar surface area (TPSA) is 88.2 Å². The smallest absolute Gasteiger partial charge is 0.253 e. The summed E-state index contributed by atoms with van der Waals surface area (Å²) < 4.78 is 0. The number of nitrogens with two attached hydrogens (primary N) is 1. The van der Waals surface area contributed by atoms with Crippen LogP contribution in [0.1, 0.15) is 23.0 Å². The van der Waals surface area contributed by atoms with Crippen molar-refractivity contribution in [2.24, 2.45) is 5.73 Å². The van der Waals surface area contributed by atoms with Gasteiger partial charge in [-0.1, -0.05) is 0 Å². The van der Waals surface area contributed by atoms with Crippen molar-refractivity contribution < 1.29 is 9.90 Å². The summed E-state index contributed by atoms with van der Waals surface area (Å²) in [5, 5.41) is 11.8. The zero-order valence-electron chi connectivity index (χ0n) is 9.47. The maximum absolute atomic E-state index is 11.7. The summed E-state index contributed by atoms with van der Waals surface area (Å²) in [7, 11) is 0. The van der Waals surface area contributed by atoms with Gasteiger partial charge in [0.1, 0.15) is 0 Å². The van der Waals surface area contributed by atoms with Crippen LogP contribution >= 0.6 is 0 Å². The van der Waals surface area contributed by atoms with E-state index >= 15 is 0 Å². The largest absolute Gasteiger partial charge is 0.392 e. The van der Waals surface area contributed by atoms with Crippen molar-refractivity contribution in [2.45, 2.75) is 26.0 Å². The number of aliphatic hydroxyl groups is 1. The molecule has 1 rings (SSSR count). The van der Waals surface area contributed by atoms with Crippen molar-refractivity contribution in [3.63, 3.8) is 0 Å². The normalized spacial score (nSPS) is 14.2. The predicted octanol–water partition coefficient (Wildman–Crippen LogP) is -0.172. The number of aliphatic hydroxyl groups excluding tert-OH is 1. The molecule has 1 aromatic heterocycles. The fraction of sp³-hybridized carbons (Fsp3) is 0.455. The van der Waals surface area contributed by atoms with Crippen LogP contribution in [0.2, 0.25) is 0 Å². The lowest BCUT2D eigenvalue weighted by atomic mass is 10.1. The molecule has 2 atom stereocenters. The molecule has 0 fully saturated rings. The minimum absolute atomic E-state index is 0.221. The summed E-state index contributed by atoms with van der Waals surface area (Å²) in [5.74, 6) is -0.221. The lowest BCUT2D eigenvalue weighted by molar-refractivity contribution is 0.0936. The second-order valence-corrected chi connectivity index (χ2v) is 3.75. The van der Waals surface area contributed by atoms with E-state index in [0.717, 1.165) is 0 Å². The molecule has 0 aliphatic rings. The molecule has 4 N–H and O–H groups in total.